The lowest BCUT2D eigenvalue weighted by Gasteiger charge is -2.11. The summed E-state index contributed by atoms with van der Waals surface area (Å²) in [7, 11) is 0. The number of aliphatic hydroxyl groups excluding tert-OH is 1. The van der Waals surface area contributed by atoms with Crippen molar-refractivity contribution in [1.82, 2.24) is 9.55 Å². The lowest BCUT2D eigenvalue weighted by molar-refractivity contribution is 0.282. The van der Waals surface area contributed by atoms with Gasteiger partial charge in [-0.1, -0.05) is 54.1 Å². The highest BCUT2D eigenvalue weighted by Gasteiger charge is 2.18. The van der Waals surface area contributed by atoms with Crippen LogP contribution in [-0.2, 0) is 19.6 Å². The number of pyridine rings is 2. The van der Waals surface area contributed by atoms with Crippen molar-refractivity contribution in [1.29, 1.82) is 0 Å². The highest BCUT2D eigenvalue weighted by atomic mass is 35.5. The van der Waals surface area contributed by atoms with E-state index >= 15 is 0 Å². The van der Waals surface area contributed by atoms with Crippen LogP contribution in [0.4, 0.5) is 0 Å². The van der Waals surface area contributed by atoms with Gasteiger partial charge in [0.15, 0.2) is 0 Å². The summed E-state index contributed by atoms with van der Waals surface area (Å²) in [4.78, 5) is 17.5. The van der Waals surface area contributed by atoms with Crippen LogP contribution in [0.5, 0.6) is 0 Å². The molecule has 0 saturated heterocycles. The maximum atomic E-state index is 12.8. The van der Waals surface area contributed by atoms with E-state index in [1.54, 1.807) is 10.6 Å². The van der Waals surface area contributed by atoms with Crippen LogP contribution in [0, 0.1) is 0 Å². The summed E-state index contributed by atoms with van der Waals surface area (Å²) < 4.78 is 1.68. The van der Waals surface area contributed by atoms with Crippen molar-refractivity contribution in [2.75, 3.05) is 0 Å². The van der Waals surface area contributed by atoms with Crippen molar-refractivity contribution in [3.05, 3.63) is 129 Å². The van der Waals surface area contributed by atoms with Gasteiger partial charge in [-0.3, -0.25) is 9.78 Å². The topological polar surface area (TPSA) is 55.1 Å². The van der Waals surface area contributed by atoms with Gasteiger partial charge in [-0.25, -0.2) is 0 Å². The number of rotatable bonds is 5. The highest BCUT2D eigenvalue weighted by molar-refractivity contribution is 6.30. The van der Waals surface area contributed by atoms with Gasteiger partial charge in [-0.05, 0) is 52.1 Å². The fraction of sp³-hybridized carbons (Fsp3) is 0.111. The van der Waals surface area contributed by atoms with Gasteiger partial charge in [0.2, 0.25) is 0 Å². The molecule has 0 radical (unpaired) electrons. The van der Waals surface area contributed by atoms with E-state index in [-0.39, 0.29) is 12.2 Å². The van der Waals surface area contributed by atoms with Crippen molar-refractivity contribution >= 4 is 17.2 Å². The van der Waals surface area contributed by atoms with Crippen LogP contribution in [0.1, 0.15) is 27.9 Å². The average Bonchev–Trinajstić information content (AvgIpc) is 3.24. The van der Waals surface area contributed by atoms with Gasteiger partial charge < -0.3 is 9.67 Å². The molecule has 0 bridgehead atoms. The number of hydrogen-bond donors (Lipinski definition) is 1. The van der Waals surface area contributed by atoms with Gasteiger partial charge in [0.1, 0.15) is 0 Å². The molecule has 0 spiro atoms. The third kappa shape index (κ3) is 4.03. The number of benzene rings is 2. The Labute approximate surface area is 191 Å². The number of halogens is 1. The molecule has 0 aliphatic heterocycles. The summed E-state index contributed by atoms with van der Waals surface area (Å²) in [5, 5.41) is 9.93. The fourth-order valence-electron chi connectivity index (χ4n) is 4.07. The van der Waals surface area contributed by atoms with Crippen molar-refractivity contribution in [2.24, 2.45) is 0 Å². The van der Waals surface area contributed by atoms with Crippen molar-refractivity contribution in [3.8, 4) is 11.1 Å². The predicted octanol–water partition coefficient (Wildman–Crippen LogP) is 5.09. The summed E-state index contributed by atoms with van der Waals surface area (Å²) >= 11 is 6.07. The standard InChI is InChI=1S/C27H21ClN2O2/c28-23-3-1-2-19(12-23)16-30-11-10-21(14-27(30)32)24-8-9-26-25(24)13-22(15-29-26)20-6-4-18(17-31)5-7-20/h1-8,10-15,31H,9,16-17H2. The summed E-state index contributed by atoms with van der Waals surface area (Å²) in [6, 6.07) is 21.2. The van der Waals surface area contributed by atoms with E-state index in [0.29, 0.717) is 11.6 Å². The summed E-state index contributed by atoms with van der Waals surface area (Å²) in [6.45, 7) is 0.503. The Kier molecular flexibility index (Phi) is 5.48. The second kappa shape index (κ2) is 8.58. The van der Waals surface area contributed by atoms with E-state index in [9.17, 15) is 9.90 Å². The van der Waals surface area contributed by atoms with Crippen molar-refractivity contribution < 1.29 is 5.11 Å². The third-order valence-electron chi connectivity index (χ3n) is 5.78. The van der Waals surface area contributed by atoms with E-state index in [4.69, 9.17) is 11.6 Å². The second-order valence-corrected chi connectivity index (χ2v) is 8.34. The zero-order chi connectivity index (χ0) is 22.1. The number of aliphatic hydroxyl groups is 1. The molecule has 0 fully saturated rings. The predicted molar refractivity (Wildman–Crippen MR) is 128 cm³/mol. The minimum absolute atomic E-state index is 0.0262. The van der Waals surface area contributed by atoms with Crippen LogP contribution in [-0.4, -0.2) is 14.7 Å². The first-order valence-electron chi connectivity index (χ1n) is 10.5. The molecule has 0 saturated carbocycles. The van der Waals surface area contributed by atoms with E-state index < -0.39 is 0 Å². The Morgan fingerprint density at radius 2 is 1.78 bits per heavy atom. The van der Waals surface area contributed by atoms with E-state index in [2.05, 4.69) is 17.1 Å². The lowest BCUT2D eigenvalue weighted by atomic mass is 9.98. The normalized spacial score (nSPS) is 12.5. The SMILES string of the molecule is O=c1cc(C2=CCc3ncc(-c4ccc(CO)cc4)cc32)ccn1Cc1cccc(Cl)c1. The molecule has 32 heavy (non-hydrogen) atoms. The lowest BCUT2D eigenvalue weighted by Crippen LogP contribution is -2.19. The molecule has 1 aliphatic rings. The molecule has 0 amide bonds. The monoisotopic (exact) mass is 440 g/mol. The summed E-state index contributed by atoms with van der Waals surface area (Å²) in [5.74, 6) is 0. The smallest absolute Gasteiger partial charge is 0.251 e. The zero-order valence-electron chi connectivity index (χ0n) is 17.3. The molecule has 2 aromatic heterocycles. The van der Waals surface area contributed by atoms with Crippen LogP contribution < -0.4 is 5.56 Å². The van der Waals surface area contributed by atoms with Gasteiger partial charge >= 0.3 is 0 Å². The number of allylic oxidation sites excluding steroid dienone is 1. The van der Waals surface area contributed by atoms with Crippen LogP contribution in [0.15, 0.2) is 90.0 Å². The first-order valence-corrected chi connectivity index (χ1v) is 10.8. The maximum absolute atomic E-state index is 12.8. The Morgan fingerprint density at radius 3 is 2.53 bits per heavy atom. The Hall–Kier alpha value is -3.47. The van der Waals surface area contributed by atoms with Crippen LogP contribution in [0.25, 0.3) is 16.7 Å². The first-order chi connectivity index (χ1) is 15.6. The third-order valence-corrected chi connectivity index (χ3v) is 6.01. The molecule has 1 N–H and O–H groups in total. The molecule has 158 valence electrons. The minimum Gasteiger partial charge on any atom is -0.392 e. The average molecular weight is 441 g/mol. The molecule has 5 heteroatoms. The number of hydrogen-bond acceptors (Lipinski definition) is 3. The molecular weight excluding hydrogens is 420 g/mol. The van der Waals surface area contributed by atoms with E-state index in [1.807, 2.05) is 67.0 Å². The minimum atomic E-state index is -0.0551. The van der Waals surface area contributed by atoms with Crippen molar-refractivity contribution in [3.63, 3.8) is 0 Å². The molecule has 4 aromatic rings. The number of aromatic nitrogens is 2. The van der Waals surface area contributed by atoms with Gasteiger partial charge in [0, 0.05) is 41.0 Å². The second-order valence-electron chi connectivity index (χ2n) is 7.91. The fourth-order valence-corrected chi connectivity index (χ4v) is 4.28. The molecule has 2 aromatic carbocycles. The molecule has 0 unspecified atom stereocenters. The molecule has 1 aliphatic carbocycles. The molecule has 5 rings (SSSR count). The molecular formula is C27H21ClN2O2. The molecule has 2 heterocycles. The Bertz CT molecular complexity index is 1390. The largest absolute Gasteiger partial charge is 0.392 e. The summed E-state index contributed by atoms with van der Waals surface area (Å²) in [6.07, 6.45) is 6.60. The van der Waals surface area contributed by atoms with Gasteiger partial charge in [0.25, 0.3) is 5.56 Å². The Morgan fingerprint density at radius 1 is 0.938 bits per heavy atom. The van der Waals surface area contributed by atoms with E-state index in [1.165, 1.54) is 0 Å². The van der Waals surface area contributed by atoms with Crippen LogP contribution in [0.3, 0.4) is 0 Å². The zero-order valence-corrected chi connectivity index (χ0v) is 18.1. The Balaban J connectivity index is 1.44. The molecule has 4 nitrogen and oxygen atoms in total. The van der Waals surface area contributed by atoms with E-state index in [0.717, 1.165) is 51.1 Å². The maximum Gasteiger partial charge on any atom is 0.251 e. The van der Waals surface area contributed by atoms with Crippen LogP contribution >= 0.6 is 11.6 Å². The van der Waals surface area contributed by atoms with Crippen molar-refractivity contribution in [2.45, 2.75) is 19.6 Å². The van der Waals surface area contributed by atoms with Crippen LogP contribution in [0.2, 0.25) is 5.02 Å². The quantitative estimate of drug-likeness (QED) is 0.470. The van der Waals surface area contributed by atoms with Gasteiger partial charge in [-0.2, -0.15) is 0 Å². The first kappa shape index (κ1) is 20.4. The van der Waals surface area contributed by atoms with Gasteiger partial charge in [-0.15, -0.1) is 0 Å². The number of fused-ring (bicyclic) bond motifs is 1. The summed E-state index contributed by atoms with van der Waals surface area (Å²) in [5.41, 5.74) is 7.86. The number of nitrogens with zero attached hydrogens (tertiary/aromatic N) is 2. The van der Waals surface area contributed by atoms with Gasteiger partial charge in [0.05, 0.1) is 18.8 Å². The highest BCUT2D eigenvalue weighted by Crippen LogP contribution is 2.34. The molecule has 0 atom stereocenters.